The van der Waals surface area contributed by atoms with E-state index in [0.29, 0.717) is 17.2 Å². The lowest BCUT2D eigenvalue weighted by atomic mass is 10.2. The van der Waals surface area contributed by atoms with E-state index in [-0.39, 0.29) is 11.7 Å². The third-order valence-electron chi connectivity index (χ3n) is 1.80. The zero-order valence-corrected chi connectivity index (χ0v) is 10.7. The summed E-state index contributed by atoms with van der Waals surface area (Å²) < 4.78 is 11.3. The van der Waals surface area contributed by atoms with Gasteiger partial charge in [-0.2, -0.15) is 0 Å². The molecule has 2 N–H and O–H groups in total. The molecular weight excluding hydrogens is 202 g/mol. The van der Waals surface area contributed by atoms with Crippen molar-refractivity contribution < 1.29 is 9.47 Å². The van der Waals surface area contributed by atoms with Gasteiger partial charge in [-0.25, -0.2) is 0 Å². The lowest BCUT2D eigenvalue weighted by Crippen LogP contribution is -2.23. The Morgan fingerprint density at radius 1 is 1.12 bits per heavy atom. The van der Waals surface area contributed by atoms with Gasteiger partial charge in [-0.05, 0) is 46.8 Å². The van der Waals surface area contributed by atoms with Crippen molar-refractivity contribution in [3.05, 3.63) is 18.2 Å². The molecule has 0 atom stereocenters. The highest BCUT2D eigenvalue weighted by molar-refractivity contribution is 5.62. The van der Waals surface area contributed by atoms with Crippen molar-refractivity contribution in [2.75, 3.05) is 5.73 Å². The second-order valence-electron chi connectivity index (χ2n) is 5.05. The van der Waals surface area contributed by atoms with Crippen LogP contribution in [0, 0.1) is 0 Å². The summed E-state index contributed by atoms with van der Waals surface area (Å²) in [6.45, 7) is 9.90. The Labute approximate surface area is 97.6 Å². The number of nitrogen functional groups attached to an aromatic ring is 1. The Kier molecular flexibility index (Phi) is 3.68. The first-order valence-electron chi connectivity index (χ1n) is 5.54. The molecule has 0 aliphatic heterocycles. The molecule has 0 saturated heterocycles. The van der Waals surface area contributed by atoms with Crippen LogP contribution < -0.4 is 15.2 Å². The molecule has 1 rings (SSSR count). The van der Waals surface area contributed by atoms with Crippen LogP contribution >= 0.6 is 0 Å². The van der Waals surface area contributed by atoms with Crippen LogP contribution in [-0.2, 0) is 0 Å². The monoisotopic (exact) mass is 223 g/mol. The summed E-state index contributed by atoms with van der Waals surface area (Å²) in [5.74, 6) is 1.35. The minimum atomic E-state index is -0.259. The van der Waals surface area contributed by atoms with Crippen LogP contribution in [0.4, 0.5) is 5.69 Å². The molecule has 90 valence electrons. The fourth-order valence-corrected chi connectivity index (χ4v) is 1.30. The predicted molar refractivity (Wildman–Crippen MR) is 67.0 cm³/mol. The normalized spacial score (nSPS) is 11.6. The van der Waals surface area contributed by atoms with E-state index < -0.39 is 0 Å². The molecule has 0 saturated carbocycles. The molecule has 0 aromatic heterocycles. The Balaban J connectivity index is 2.95. The molecule has 0 aliphatic rings. The SMILES string of the molecule is CC(C)Oc1cccc(OC(C)(C)C)c1N. The van der Waals surface area contributed by atoms with E-state index in [2.05, 4.69) is 0 Å². The Morgan fingerprint density at radius 2 is 1.69 bits per heavy atom. The van der Waals surface area contributed by atoms with Crippen molar-refractivity contribution in [3.63, 3.8) is 0 Å². The summed E-state index contributed by atoms with van der Waals surface area (Å²) in [7, 11) is 0. The molecule has 0 spiro atoms. The van der Waals surface area contributed by atoms with E-state index in [9.17, 15) is 0 Å². The standard InChI is InChI=1S/C13H21NO2/c1-9(2)15-10-7-6-8-11(12(10)14)16-13(3,4)5/h6-9H,14H2,1-5H3. The van der Waals surface area contributed by atoms with Crippen LogP contribution in [0.25, 0.3) is 0 Å². The fraction of sp³-hybridized carbons (Fsp3) is 0.538. The molecule has 0 fully saturated rings. The van der Waals surface area contributed by atoms with Gasteiger partial charge in [0.05, 0.1) is 6.10 Å². The number of hydrogen-bond donors (Lipinski definition) is 1. The van der Waals surface area contributed by atoms with Gasteiger partial charge in [-0.1, -0.05) is 6.07 Å². The average molecular weight is 223 g/mol. The van der Waals surface area contributed by atoms with Gasteiger partial charge < -0.3 is 15.2 Å². The first kappa shape index (κ1) is 12.7. The fourth-order valence-electron chi connectivity index (χ4n) is 1.30. The van der Waals surface area contributed by atoms with Crippen molar-refractivity contribution in [2.24, 2.45) is 0 Å². The summed E-state index contributed by atoms with van der Waals surface area (Å²) in [4.78, 5) is 0. The highest BCUT2D eigenvalue weighted by Crippen LogP contribution is 2.33. The quantitative estimate of drug-likeness (QED) is 0.800. The van der Waals surface area contributed by atoms with Gasteiger partial charge in [0, 0.05) is 0 Å². The number of nitrogens with two attached hydrogens (primary N) is 1. The molecule has 0 amide bonds. The topological polar surface area (TPSA) is 44.5 Å². The number of benzene rings is 1. The minimum absolute atomic E-state index is 0.104. The molecule has 0 aliphatic carbocycles. The molecule has 0 radical (unpaired) electrons. The van der Waals surface area contributed by atoms with Gasteiger partial charge in [0.25, 0.3) is 0 Å². The Morgan fingerprint density at radius 3 is 2.19 bits per heavy atom. The van der Waals surface area contributed by atoms with Crippen molar-refractivity contribution in [1.29, 1.82) is 0 Å². The Bertz CT molecular complexity index is 353. The average Bonchev–Trinajstić information content (AvgIpc) is 2.09. The summed E-state index contributed by atoms with van der Waals surface area (Å²) in [6.07, 6.45) is 0.104. The maximum atomic E-state index is 5.99. The van der Waals surface area contributed by atoms with Gasteiger partial charge in [0.2, 0.25) is 0 Å². The van der Waals surface area contributed by atoms with Crippen LogP contribution in [0.1, 0.15) is 34.6 Å². The molecular formula is C13H21NO2. The molecule has 0 heterocycles. The van der Waals surface area contributed by atoms with Crippen molar-refractivity contribution >= 4 is 5.69 Å². The van der Waals surface area contributed by atoms with E-state index in [1.807, 2.05) is 52.8 Å². The van der Waals surface area contributed by atoms with Crippen LogP contribution in [0.2, 0.25) is 0 Å². The summed E-state index contributed by atoms with van der Waals surface area (Å²) in [5, 5.41) is 0. The first-order valence-corrected chi connectivity index (χ1v) is 5.54. The highest BCUT2D eigenvalue weighted by atomic mass is 16.5. The largest absolute Gasteiger partial charge is 0.489 e. The van der Waals surface area contributed by atoms with E-state index in [1.165, 1.54) is 0 Å². The summed E-state index contributed by atoms with van der Waals surface area (Å²) in [6, 6.07) is 5.59. The minimum Gasteiger partial charge on any atom is -0.489 e. The maximum absolute atomic E-state index is 5.99. The summed E-state index contributed by atoms with van der Waals surface area (Å²) >= 11 is 0. The Hall–Kier alpha value is -1.38. The maximum Gasteiger partial charge on any atom is 0.146 e. The van der Waals surface area contributed by atoms with E-state index in [0.717, 1.165) is 0 Å². The number of rotatable bonds is 3. The number of hydrogen-bond acceptors (Lipinski definition) is 3. The zero-order valence-electron chi connectivity index (χ0n) is 10.7. The molecule has 0 unspecified atom stereocenters. The molecule has 3 heteroatoms. The molecule has 16 heavy (non-hydrogen) atoms. The third-order valence-corrected chi connectivity index (χ3v) is 1.80. The van der Waals surface area contributed by atoms with Crippen LogP contribution in [0.3, 0.4) is 0 Å². The van der Waals surface area contributed by atoms with Crippen molar-refractivity contribution in [1.82, 2.24) is 0 Å². The molecule has 0 bridgehead atoms. The predicted octanol–water partition coefficient (Wildman–Crippen LogP) is 3.23. The van der Waals surface area contributed by atoms with E-state index in [4.69, 9.17) is 15.2 Å². The lowest BCUT2D eigenvalue weighted by molar-refractivity contribution is 0.131. The lowest BCUT2D eigenvalue weighted by Gasteiger charge is -2.23. The highest BCUT2D eigenvalue weighted by Gasteiger charge is 2.16. The zero-order chi connectivity index (χ0) is 12.3. The van der Waals surface area contributed by atoms with Crippen molar-refractivity contribution in [2.45, 2.75) is 46.3 Å². The van der Waals surface area contributed by atoms with Gasteiger partial charge >= 0.3 is 0 Å². The van der Waals surface area contributed by atoms with Crippen LogP contribution in [0.5, 0.6) is 11.5 Å². The second-order valence-corrected chi connectivity index (χ2v) is 5.05. The second kappa shape index (κ2) is 4.64. The van der Waals surface area contributed by atoms with Crippen LogP contribution in [-0.4, -0.2) is 11.7 Å². The van der Waals surface area contributed by atoms with Crippen molar-refractivity contribution in [3.8, 4) is 11.5 Å². The number of para-hydroxylation sites is 1. The molecule has 1 aromatic carbocycles. The third kappa shape index (κ3) is 3.65. The molecule has 3 nitrogen and oxygen atoms in total. The molecule has 1 aromatic rings. The number of ether oxygens (including phenoxy) is 2. The first-order chi connectivity index (χ1) is 7.29. The van der Waals surface area contributed by atoms with E-state index >= 15 is 0 Å². The smallest absolute Gasteiger partial charge is 0.146 e. The van der Waals surface area contributed by atoms with Gasteiger partial charge in [0.15, 0.2) is 0 Å². The summed E-state index contributed by atoms with van der Waals surface area (Å²) in [5.41, 5.74) is 6.29. The van der Waals surface area contributed by atoms with Gasteiger partial charge in [-0.3, -0.25) is 0 Å². The number of anilines is 1. The van der Waals surface area contributed by atoms with E-state index in [1.54, 1.807) is 0 Å². The van der Waals surface area contributed by atoms with Crippen LogP contribution in [0.15, 0.2) is 18.2 Å². The van der Waals surface area contributed by atoms with Gasteiger partial charge in [0.1, 0.15) is 22.8 Å². The van der Waals surface area contributed by atoms with Gasteiger partial charge in [-0.15, -0.1) is 0 Å².